The Morgan fingerprint density at radius 1 is 1.06 bits per heavy atom. The Kier molecular flexibility index (Phi) is 14.1. The van der Waals surface area contributed by atoms with Crippen molar-refractivity contribution in [3.05, 3.63) is 91.7 Å². The average molecular weight is 901 g/mol. The first-order valence-electron chi connectivity index (χ1n) is 20.4. The number of unbranched alkanes of at least 4 members (excludes halogenated alkanes) is 1. The Balaban J connectivity index is 0.995. The number of amides is 3. The highest BCUT2D eigenvalue weighted by atomic mass is 32.2. The number of β-amino-alcohol motifs (C(OH)–C–C–N with tert-alkyl or cyclic N) is 1. The van der Waals surface area contributed by atoms with Crippen LogP contribution >= 0.6 is 11.3 Å². The van der Waals surface area contributed by atoms with Gasteiger partial charge in [0.25, 0.3) is 5.56 Å². The lowest BCUT2D eigenvalue weighted by Gasteiger charge is -2.35. The van der Waals surface area contributed by atoms with Gasteiger partial charge in [0.05, 0.1) is 35.3 Å². The summed E-state index contributed by atoms with van der Waals surface area (Å²) in [6, 6.07) is 13.0. The number of ether oxygens (including phenoxy) is 1. The van der Waals surface area contributed by atoms with Gasteiger partial charge in [-0.1, -0.05) is 62.9 Å². The van der Waals surface area contributed by atoms with E-state index in [0.29, 0.717) is 24.2 Å². The van der Waals surface area contributed by atoms with Gasteiger partial charge in [-0.15, -0.1) is 11.3 Å². The number of carbonyl (C=O) groups is 3. The van der Waals surface area contributed by atoms with Crippen LogP contribution in [0.25, 0.3) is 21.6 Å². The van der Waals surface area contributed by atoms with Gasteiger partial charge < -0.3 is 29.9 Å². The Bertz CT molecular complexity index is 2830. The fourth-order valence-corrected chi connectivity index (χ4v) is 9.01. The summed E-state index contributed by atoms with van der Waals surface area (Å²) in [4.78, 5) is 77.3. The van der Waals surface area contributed by atoms with Crippen LogP contribution in [-0.2, 0) is 51.4 Å². The van der Waals surface area contributed by atoms with Crippen molar-refractivity contribution in [2.75, 3.05) is 19.4 Å². The number of sulfone groups is 1. The molecule has 19 heteroatoms. The third kappa shape index (κ3) is 10.8. The van der Waals surface area contributed by atoms with E-state index in [4.69, 9.17) is 4.74 Å². The summed E-state index contributed by atoms with van der Waals surface area (Å²) >= 11 is 1.56. The maximum absolute atomic E-state index is 14.0. The molecule has 0 aliphatic carbocycles. The highest BCUT2D eigenvalue weighted by molar-refractivity contribution is 7.90. The van der Waals surface area contributed by atoms with E-state index in [1.165, 1.54) is 19.0 Å². The van der Waals surface area contributed by atoms with Gasteiger partial charge >= 0.3 is 5.69 Å². The smallest absolute Gasteiger partial charge is 0.333 e. The normalized spacial score (nSPS) is 15.8. The van der Waals surface area contributed by atoms with Crippen molar-refractivity contribution < 1.29 is 32.6 Å². The maximum Gasteiger partial charge on any atom is 0.333 e. The summed E-state index contributed by atoms with van der Waals surface area (Å²) in [6.07, 6.45) is 1.29. The summed E-state index contributed by atoms with van der Waals surface area (Å²) in [5.41, 5.74) is 3.08. The highest BCUT2D eigenvalue weighted by Crippen LogP contribution is 2.28. The summed E-state index contributed by atoms with van der Waals surface area (Å²) in [7, 11) is -1.09. The van der Waals surface area contributed by atoms with Crippen molar-refractivity contribution in [3.8, 4) is 28.0 Å². The standard InChI is InChI=1S/C44H52N8O9S2/c1-27-36(62-26-46-27)30-18-16-29(17-19-30)24-45-39(55)33-23-31(53)25-52(33)41(57)37(44(2,3)4)47-34(54)15-8-9-21-61-32-14-10-12-28(22-32)13-11-20-51-38-35(40(56)50(6)43(51)58)49(5)42(48-38)63(7,59)60/h10,12,14,16-19,22,26,31,33,37,53H,8-9,15,20-21,23-25H2,1-7H3,(H,45,55)(H,47,54)/t31-,33+,37?/m1/s1. The van der Waals surface area contributed by atoms with Crippen molar-refractivity contribution in [1.82, 2.24) is 39.2 Å². The summed E-state index contributed by atoms with van der Waals surface area (Å²) < 4.78 is 33.6. The lowest BCUT2D eigenvalue weighted by atomic mass is 9.85. The molecule has 334 valence electrons. The van der Waals surface area contributed by atoms with E-state index in [0.717, 1.165) is 41.7 Å². The van der Waals surface area contributed by atoms with Crippen molar-refractivity contribution in [2.45, 2.75) is 89.8 Å². The molecule has 3 amide bonds. The minimum absolute atomic E-state index is 0.0235. The molecule has 3 atom stereocenters. The molecule has 4 heterocycles. The molecule has 1 fully saturated rings. The Morgan fingerprint density at radius 2 is 1.79 bits per heavy atom. The van der Waals surface area contributed by atoms with Crippen molar-refractivity contribution in [2.24, 2.45) is 19.5 Å². The Labute approximate surface area is 369 Å². The number of aliphatic hydroxyl groups is 1. The quantitative estimate of drug-likeness (QED) is 0.109. The van der Waals surface area contributed by atoms with Crippen LogP contribution in [0.15, 0.2) is 68.8 Å². The van der Waals surface area contributed by atoms with Gasteiger partial charge in [-0.05, 0) is 54.5 Å². The molecular weight excluding hydrogens is 849 g/mol. The minimum Gasteiger partial charge on any atom is -0.494 e. The molecule has 1 saturated heterocycles. The fraction of sp³-hybridized carbons (Fsp3) is 0.432. The van der Waals surface area contributed by atoms with Crippen molar-refractivity contribution >= 4 is 50.1 Å². The maximum atomic E-state index is 14.0. The van der Waals surface area contributed by atoms with E-state index in [1.807, 2.05) is 52.0 Å². The molecule has 63 heavy (non-hydrogen) atoms. The highest BCUT2D eigenvalue weighted by Gasteiger charge is 2.44. The zero-order valence-electron chi connectivity index (χ0n) is 36.3. The third-order valence-electron chi connectivity index (χ3n) is 10.7. The van der Waals surface area contributed by atoms with Gasteiger partial charge in [0.2, 0.25) is 32.7 Å². The van der Waals surface area contributed by atoms with Crippen LogP contribution < -0.4 is 26.6 Å². The number of thiazole rings is 1. The monoisotopic (exact) mass is 900 g/mol. The molecule has 5 aromatic rings. The minimum atomic E-state index is -3.79. The van der Waals surface area contributed by atoms with Gasteiger partial charge in [-0.3, -0.25) is 28.3 Å². The number of benzene rings is 2. The number of rotatable bonds is 14. The molecule has 6 rings (SSSR count). The summed E-state index contributed by atoms with van der Waals surface area (Å²) in [6.45, 7) is 7.81. The van der Waals surface area contributed by atoms with Crippen LogP contribution in [-0.4, -0.2) is 97.4 Å². The molecular formula is C44H52N8O9S2. The first kappa shape index (κ1) is 46.4. The van der Waals surface area contributed by atoms with Gasteiger partial charge in [-0.25, -0.2) is 18.2 Å². The molecule has 1 unspecified atom stereocenters. The second-order valence-corrected chi connectivity index (χ2v) is 19.5. The molecule has 1 aliphatic heterocycles. The Hall–Kier alpha value is -6.10. The molecule has 3 N–H and O–H groups in total. The third-order valence-corrected chi connectivity index (χ3v) is 12.7. The second-order valence-electron chi connectivity index (χ2n) is 16.7. The van der Waals surface area contributed by atoms with E-state index in [2.05, 4.69) is 32.4 Å². The Morgan fingerprint density at radius 3 is 2.46 bits per heavy atom. The van der Waals surface area contributed by atoms with Gasteiger partial charge in [0, 0.05) is 51.8 Å². The number of aryl methyl sites for hydroxylation is 2. The predicted octanol–water partition coefficient (Wildman–Crippen LogP) is 2.68. The SMILES string of the molecule is Cc1ncsc1-c1ccc(CNC(=O)[C@@H]2C[C@@H](O)CN2C(=O)C(NC(=O)CCCCOc2cccc(C#CCn3c(=O)n(C)c(=O)c4c3nc(S(C)(=O)=O)n4C)c2)C(C)(C)C)cc1. The lowest BCUT2D eigenvalue weighted by Crippen LogP contribution is -2.57. The number of aliphatic hydroxyl groups excluding tert-OH is 1. The largest absolute Gasteiger partial charge is 0.494 e. The molecule has 0 saturated carbocycles. The second kappa shape index (κ2) is 19.1. The summed E-state index contributed by atoms with van der Waals surface area (Å²) in [5, 5.41) is 16.0. The number of aromatic nitrogens is 5. The van der Waals surface area contributed by atoms with Crippen molar-refractivity contribution in [1.29, 1.82) is 0 Å². The van der Waals surface area contributed by atoms with E-state index in [9.17, 15) is 37.5 Å². The number of nitrogens with one attached hydrogen (secondary N) is 2. The number of hydrogen-bond donors (Lipinski definition) is 3. The van der Waals surface area contributed by atoms with E-state index in [-0.39, 0.29) is 67.2 Å². The van der Waals surface area contributed by atoms with E-state index >= 15 is 0 Å². The molecule has 0 radical (unpaired) electrons. The number of hydrogen-bond acceptors (Lipinski definition) is 12. The molecule has 17 nitrogen and oxygen atoms in total. The zero-order chi connectivity index (χ0) is 45.8. The number of imidazole rings is 1. The first-order chi connectivity index (χ1) is 29.7. The lowest BCUT2D eigenvalue weighted by molar-refractivity contribution is -0.144. The average Bonchev–Trinajstić information content (AvgIpc) is 3.95. The topological polar surface area (TPSA) is 217 Å². The number of carbonyl (C=O) groups excluding carboxylic acids is 3. The van der Waals surface area contributed by atoms with Crippen LogP contribution in [0.4, 0.5) is 0 Å². The van der Waals surface area contributed by atoms with Crippen molar-refractivity contribution in [3.63, 3.8) is 0 Å². The van der Waals surface area contributed by atoms with Gasteiger partial charge in [0.1, 0.15) is 17.8 Å². The molecule has 0 spiro atoms. The first-order valence-corrected chi connectivity index (χ1v) is 23.1. The molecule has 2 aromatic carbocycles. The van der Waals surface area contributed by atoms with Crippen LogP contribution in [0, 0.1) is 24.2 Å². The molecule has 3 aromatic heterocycles. The number of likely N-dealkylation sites (tertiary alicyclic amines) is 1. The fourth-order valence-electron chi connectivity index (χ4n) is 7.36. The van der Waals surface area contributed by atoms with Gasteiger partial charge in [0.15, 0.2) is 11.2 Å². The number of nitrogens with zero attached hydrogens (tertiary/aromatic N) is 6. The van der Waals surface area contributed by atoms with E-state index < -0.39 is 50.6 Å². The van der Waals surface area contributed by atoms with Crippen LogP contribution in [0.5, 0.6) is 5.75 Å². The van der Waals surface area contributed by atoms with Crippen LogP contribution in [0.2, 0.25) is 0 Å². The molecule has 1 aliphatic rings. The van der Waals surface area contributed by atoms with Crippen LogP contribution in [0.1, 0.15) is 63.3 Å². The molecule has 0 bridgehead atoms. The number of fused-ring (bicyclic) bond motifs is 1. The van der Waals surface area contributed by atoms with Crippen LogP contribution in [0.3, 0.4) is 0 Å². The predicted molar refractivity (Wildman–Crippen MR) is 238 cm³/mol. The van der Waals surface area contributed by atoms with E-state index in [1.54, 1.807) is 41.1 Å². The zero-order valence-corrected chi connectivity index (χ0v) is 37.9. The van der Waals surface area contributed by atoms with Gasteiger partial charge in [-0.2, -0.15) is 4.98 Å². The summed E-state index contributed by atoms with van der Waals surface area (Å²) in [5.74, 6) is 5.25.